The van der Waals surface area contributed by atoms with Crippen molar-refractivity contribution in [2.75, 3.05) is 13.7 Å². The number of ether oxygens (including phenoxy) is 1. The van der Waals surface area contributed by atoms with Crippen LogP contribution in [0.1, 0.15) is 48.0 Å². The molecule has 1 saturated heterocycles. The monoisotopic (exact) mass is 296 g/mol. The third-order valence-corrected chi connectivity index (χ3v) is 3.77. The van der Waals surface area contributed by atoms with Gasteiger partial charge in [-0.25, -0.2) is 4.79 Å². The molecule has 0 aromatic carbocycles. The number of amides is 1. The first-order chi connectivity index (χ1) is 9.86. The molecule has 2 unspecified atom stereocenters. The standard InChI is InChI=1S/C14H20N2O5/c1-7(2)12-11(8(3)15-21-12)13(17)16-6-9(20-4)5-10(16)14(18)19/h7,9-10H,5-6H2,1-4H3,(H,18,19). The maximum absolute atomic E-state index is 12.7. The van der Waals surface area contributed by atoms with Crippen molar-refractivity contribution in [3.05, 3.63) is 17.0 Å². The molecule has 0 bridgehead atoms. The molecule has 0 spiro atoms. The van der Waals surface area contributed by atoms with Gasteiger partial charge in [-0.05, 0) is 6.92 Å². The molecule has 116 valence electrons. The molecule has 1 aliphatic rings. The van der Waals surface area contributed by atoms with E-state index in [0.717, 1.165) is 0 Å². The summed E-state index contributed by atoms with van der Waals surface area (Å²) >= 11 is 0. The van der Waals surface area contributed by atoms with Gasteiger partial charge in [0.1, 0.15) is 11.6 Å². The molecule has 0 aliphatic carbocycles. The zero-order chi connectivity index (χ0) is 15.7. The molecular weight excluding hydrogens is 276 g/mol. The van der Waals surface area contributed by atoms with Gasteiger partial charge in [-0.2, -0.15) is 0 Å². The number of methoxy groups -OCH3 is 1. The van der Waals surface area contributed by atoms with Crippen LogP contribution in [0.5, 0.6) is 0 Å². The third kappa shape index (κ3) is 2.78. The van der Waals surface area contributed by atoms with Crippen LogP contribution in [0, 0.1) is 6.92 Å². The number of nitrogens with zero attached hydrogens (tertiary/aromatic N) is 2. The van der Waals surface area contributed by atoms with Crippen molar-refractivity contribution in [3.63, 3.8) is 0 Å². The highest BCUT2D eigenvalue weighted by molar-refractivity contribution is 5.98. The first kappa shape index (κ1) is 15.5. The Morgan fingerprint density at radius 2 is 2.14 bits per heavy atom. The number of aliphatic carboxylic acids is 1. The zero-order valence-corrected chi connectivity index (χ0v) is 12.6. The fraction of sp³-hybridized carbons (Fsp3) is 0.643. The highest BCUT2D eigenvalue weighted by Crippen LogP contribution is 2.28. The van der Waals surface area contributed by atoms with Crippen LogP contribution >= 0.6 is 0 Å². The van der Waals surface area contributed by atoms with Crippen LogP contribution in [0.3, 0.4) is 0 Å². The number of aromatic nitrogens is 1. The first-order valence-corrected chi connectivity index (χ1v) is 6.89. The molecule has 2 rings (SSSR count). The number of hydrogen-bond acceptors (Lipinski definition) is 5. The Morgan fingerprint density at radius 3 is 2.67 bits per heavy atom. The molecule has 1 aliphatic heterocycles. The lowest BCUT2D eigenvalue weighted by molar-refractivity contribution is -0.141. The first-order valence-electron chi connectivity index (χ1n) is 6.89. The van der Waals surface area contributed by atoms with Gasteiger partial charge in [0, 0.05) is 26.0 Å². The smallest absolute Gasteiger partial charge is 0.326 e. The van der Waals surface area contributed by atoms with Crippen LogP contribution in [-0.2, 0) is 9.53 Å². The van der Waals surface area contributed by atoms with Crippen molar-refractivity contribution >= 4 is 11.9 Å². The third-order valence-electron chi connectivity index (χ3n) is 3.77. The second-order valence-electron chi connectivity index (χ2n) is 5.57. The number of carboxylic acids is 1. The quantitative estimate of drug-likeness (QED) is 0.903. The Balaban J connectivity index is 2.35. The molecule has 0 radical (unpaired) electrons. The van der Waals surface area contributed by atoms with Gasteiger partial charge >= 0.3 is 5.97 Å². The van der Waals surface area contributed by atoms with Crippen LogP contribution in [0.15, 0.2) is 4.52 Å². The summed E-state index contributed by atoms with van der Waals surface area (Å²) < 4.78 is 10.4. The van der Waals surface area contributed by atoms with Gasteiger partial charge in [0.05, 0.1) is 11.8 Å². The number of carboxylic acid groups (broad SMARTS) is 1. The minimum atomic E-state index is -1.02. The van der Waals surface area contributed by atoms with E-state index in [1.807, 2.05) is 13.8 Å². The Hall–Kier alpha value is -1.89. The van der Waals surface area contributed by atoms with Crippen LogP contribution in [0.2, 0.25) is 0 Å². The van der Waals surface area contributed by atoms with Crippen molar-refractivity contribution in [2.24, 2.45) is 0 Å². The van der Waals surface area contributed by atoms with E-state index in [9.17, 15) is 14.7 Å². The molecule has 21 heavy (non-hydrogen) atoms. The van der Waals surface area contributed by atoms with E-state index in [0.29, 0.717) is 23.4 Å². The summed E-state index contributed by atoms with van der Waals surface area (Å²) in [6.45, 7) is 5.73. The lowest BCUT2D eigenvalue weighted by Crippen LogP contribution is -2.41. The highest BCUT2D eigenvalue weighted by Gasteiger charge is 2.42. The molecule has 7 heteroatoms. The SMILES string of the molecule is COC1CC(C(=O)O)N(C(=O)c2c(C)noc2C(C)C)C1. The van der Waals surface area contributed by atoms with E-state index < -0.39 is 12.0 Å². The average molecular weight is 296 g/mol. The second-order valence-corrected chi connectivity index (χ2v) is 5.57. The van der Waals surface area contributed by atoms with E-state index >= 15 is 0 Å². The highest BCUT2D eigenvalue weighted by atomic mass is 16.5. The second kappa shape index (κ2) is 5.85. The summed E-state index contributed by atoms with van der Waals surface area (Å²) in [5.41, 5.74) is 0.849. The number of rotatable bonds is 4. The van der Waals surface area contributed by atoms with Gasteiger partial charge < -0.3 is 19.3 Å². The molecule has 1 amide bonds. The Labute approximate surface area is 122 Å². The molecule has 2 heterocycles. The van der Waals surface area contributed by atoms with E-state index in [4.69, 9.17) is 9.26 Å². The van der Waals surface area contributed by atoms with E-state index in [2.05, 4.69) is 5.16 Å². The van der Waals surface area contributed by atoms with Gasteiger partial charge in [0.15, 0.2) is 5.76 Å². The summed E-state index contributed by atoms with van der Waals surface area (Å²) in [5, 5.41) is 13.1. The van der Waals surface area contributed by atoms with Crippen LogP contribution in [-0.4, -0.2) is 52.8 Å². The number of carbonyl (C=O) groups excluding carboxylic acids is 1. The van der Waals surface area contributed by atoms with Gasteiger partial charge in [-0.1, -0.05) is 19.0 Å². The molecule has 1 aromatic heterocycles. The zero-order valence-electron chi connectivity index (χ0n) is 12.6. The molecule has 0 saturated carbocycles. The molecule has 1 N–H and O–H groups in total. The van der Waals surface area contributed by atoms with Crippen molar-refractivity contribution < 1.29 is 24.0 Å². The Kier molecular flexibility index (Phi) is 4.32. The molecular formula is C14H20N2O5. The lowest BCUT2D eigenvalue weighted by atomic mass is 10.0. The van der Waals surface area contributed by atoms with Crippen LogP contribution in [0.4, 0.5) is 0 Å². The van der Waals surface area contributed by atoms with Crippen LogP contribution < -0.4 is 0 Å². The summed E-state index contributed by atoms with van der Waals surface area (Å²) in [7, 11) is 1.52. The number of likely N-dealkylation sites (tertiary alicyclic amines) is 1. The summed E-state index contributed by atoms with van der Waals surface area (Å²) in [4.78, 5) is 25.4. The van der Waals surface area contributed by atoms with Crippen molar-refractivity contribution in [1.82, 2.24) is 10.1 Å². The molecule has 1 fully saturated rings. The maximum atomic E-state index is 12.7. The number of aryl methyl sites for hydroxylation is 1. The average Bonchev–Trinajstić information content (AvgIpc) is 3.01. The predicted molar refractivity (Wildman–Crippen MR) is 73.2 cm³/mol. The fourth-order valence-electron chi connectivity index (χ4n) is 2.61. The molecule has 2 atom stereocenters. The van der Waals surface area contributed by atoms with Gasteiger partial charge in [0.25, 0.3) is 5.91 Å². The topological polar surface area (TPSA) is 92.9 Å². The Morgan fingerprint density at radius 1 is 1.48 bits per heavy atom. The van der Waals surface area contributed by atoms with Crippen molar-refractivity contribution in [3.8, 4) is 0 Å². The van der Waals surface area contributed by atoms with E-state index in [-0.39, 0.29) is 24.5 Å². The summed E-state index contributed by atoms with van der Waals surface area (Å²) in [6.07, 6.45) is 0.0246. The minimum Gasteiger partial charge on any atom is -0.480 e. The van der Waals surface area contributed by atoms with Gasteiger partial charge in [-0.3, -0.25) is 4.79 Å². The molecule has 1 aromatic rings. The summed E-state index contributed by atoms with van der Waals surface area (Å²) in [5.74, 6) is -0.899. The fourth-order valence-corrected chi connectivity index (χ4v) is 2.61. The van der Waals surface area contributed by atoms with Crippen molar-refractivity contribution in [1.29, 1.82) is 0 Å². The Bertz CT molecular complexity index is 552. The largest absolute Gasteiger partial charge is 0.480 e. The van der Waals surface area contributed by atoms with Crippen LogP contribution in [0.25, 0.3) is 0 Å². The molecule has 7 nitrogen and oxygen atoms in total. The maximum Gasteiger partial charge on any atom is 0.326 e. The normalized spacial score (nSPS) is 22.0. The minimum absolute atomic E-state index is 0.00532. The van der Waals surface area contributed by atoms with Gasteiger partial charge in [-0.15, -0.1) is 0 Å². The lowest BCUT2D eigenvalue weighted by Gasteiger charge is -2.21. The number of carbonyl (C=O) groups is 2. The van der Waals surface area contributed by atoms with Gasteiger partial charge in [0.2, 0.25) is 0 Å². The van der Waals surface area contributed by atoms with Crippen molar-refractivity contribution in [2.45, 2.75) is 45.3 Å². The predicted octanol–water partition coefficient (Wildman–Crippen LogP) is 1.42. The van der Waals surface area contributed by atoms with E-state index in [1.54, 1.807) is 6.92 Å². The number of hydrogen-bond donors (Lipinski definition) is 1. The summed E-state index contributed by atoms with van der Waals surface area (Å²) in [6, 6.07) is -0.878. The van der Waals surface area contributed by atoms with E-state index in [1.165, 1.54) is 12.0 Å².